The van der Waals surface area contributed by atoms with Crippen LogP contribution in [0, 0.1) is 10.1 Å². The van der Waals surface area contributed by atoms with E-state index in [0.717, 1.165) is 30.7 Å². The second kappa shape index (κ2) is 6.04. The summed E-state index contributed by atoms with van der Waals surface area (Å²) in [5.74, 6) is -0.766. The summed E-state index contributed by atoms with van der Waals surface area (Å²) < 4.78 is 0. The Morgan fingerprint density at radius 2 is 2.17 bits per heavy atom. The topological polar surface area (TPSA) is 96.6 Å². The summed E-state index contributed by atoms with van der Waals surface area (Å²) in [5, 5.41) is 20.4. The third-order valence-electron chi connectivity index (χ3n) is 3.96. The number of carbonyl (C=O) groups is 1. The number of phenols is 1. The van der Waals surface area contributed by atoms with Gasteiger partial charge in [-0.1, -0.05) is 6.07 Å². The van der Waals surface area contributed by atoms with Gasteiger partial charge in [0.1, 0.15) is 0 Å². The van der Waals surface area contributed by atoms with Crippen LogP contribution in [0.15, 0.2) is 42.6 Å². The zero-order valence-corrected chi connectivity index (χ0v) is 12.3. The van der Waals surface area contributed by atoms with Crippen LogP contribution in [0.3, 0.4) is 0 Å². The van der Waals surface area contributed by atoms with E-state index in [4.69, 9.17) is 0 Å². The second-order valence-electron chi connectivity index (χ2n) is 5.37. The molecule has 1 amide bonds. The Labute approximate surface area is 132 Å². The Balaban J connectivity index is 1.87. The molecule has 3 rings (SSSR count). The maximum Gasteiger partial charge on any atom is 0.310 e. The van der Waals surface area contributed by atoms with E-state index in [1.807, 2.05) is 18.2 Å². The number of hydrogen-bond donors (Lipinski definition) is 1. The van der Waals surface area contributed by atoms with Crippen LogP contribution < -0.4 is 0 Å². The first-order valence-electron chi connectivity index (χ1n) is 7.27. The largest absolute Gasteiger partial charge is 0.502 e. The second-order valence-corrected chi connectivity index (χ2v) is 5.37. The summed E-state index contributed by atoms with van der Waals surface area (Å²) in [6.45, 7) is 0.595. The zero-order chi connectivity index (χ0) is 16.4. The molecule has 1 aliphatic rings. The van der Waals surface area contributed by atoms with Gasteiger partial charge in [-0.2, -0.15) is 0 Å². The molecule has 7 nitrogen and oxygen atoms in total. The van der Waals surface area contributed by atoms with Crippen molar-refractivity contribution in [3.8, 4) is 5.75 Å². The highest BCUT2D eigenvalue weighted by Crippen LogP contribution is 2.33. The van der Waals surface area contributed by atoms with Crippen molar-refractivity contribution in [3.05, 3.63) is 64.0 Å². The number of nitro benzene ring substituents is 1. The van der Waals surface area contributed by atoms with Crippen molar-refractivity contribution in [1.29, 1.82) is 0 Å². The highest BCUT2D eigenvalue weighted by atomic mass is 16.6. The van der Waals surface area contributed by atoms with E-state index in [2.05, 4.69) is 4.98 Å². The Morgan fingerprint density at radius 1 is 1.35 bits per heavy atom. The van der Waals surface area contributed by atoms with E-state index in [9.17, 15) is 20.0 Å². The molecule has 0 bridgehead atoms. The molecule has 1 aromatic carbocycles. The lowest BCUT2D eigenvalue weighted by Gasteiger charge is -2.24. The van der Waals surface area contributed by atoms with Gasteiger partial charge >= 0.3 is 5.69 Å². The molecule has 1 atom stereocenters. The fourth-order valence-corrected chi connectivity index (χ4v) is 2.87. The summed E-state index contributed by atoms with van der Waals surface area (Å²) in [4.78, 5) is 28.7. The minimum absolute atomic E-state index is 0.110. The Morgan fingerprint density at radius 3 is 2.83 bits per heavy atom. The number of aromatic hydroxyl groups is 1. The number of benzene rings is 1. The lowest BCUT2D eigenvalue weighted by atomic mass is 10.1. The Kier molecular flexibility index (Phi) is 3.92. The van der Waals surface area contributed by atoms with E-state index < -0.39 is 16.4 Å². The van der Waals surface area contributed by atoms with Crippen LogP contribution in [-0.4, -0.2) is 32.4 Å². The fraction of sp³-hybridized carbons (Fsp3) is 0.250. The molecule has 1 fully saturated rings. The quantitative estimate of drug-likeness (QED) is 0.694. The molecule has 2 heterocycles. The lowest BCUT2D eigenvalue weighted by molar-refractivity contribution is -0.385. The maximum atomic E-state index is 12.7. The number of nitro groups is 1. The maximum absolute atomic E-state index is 12.7. The highest BCUT2D eigenvalue weighted by Gasteiger charge is 2.32. The summed E-state index contributed by atoms with van der Waals surface area (Å²) in [6.07, 6.45) is 3.38. The number of likely N-dealkylation sites (tertiary alicyclic amines) is 1. The number of phenolic OH excluding ortho intramolecular Hbond substituents is 1. The number of hydrogen-bond acceptors (Lipinski definition) is 5. The van der Waals surface area contributed by atoms with Gasteiger partial charge in [-0.3, -0.25) is 19.9 Å². The third-order valence-corrected chi connectivity index (χ3v) is 3.96. The molecule has 1 saturated heterocycles. The van der Waals surface area contributed by atoms with Crippen molar-refractivity contribution in [3.63, 3.8) is 0 Å². The van der Waals surface area contributed by atoms with Crippen LogP contribution in [0.25, 0.3) is 0 Å². The van der Waals surface area contributed by atoms with Crippen LogP contribution in [-0.2, 0) is 0 Å². The number of pyridine rings is 1. The molecular weight excluding hydrogens is 298 g/mol. The molecule has 0 aliphatic carbocycles. The van der Waals surface area contributed by atoms with Gasteiger partial charge in [-0.25, -0.2) is 0 Å². The molecule has 1 N–H and O–H groups in total. The molecule has 23 heavy (non-hydrogen) atoms. The van der Waals surface area contributed by atoms with Crippen molar-refractivity contribution in [2.75, 3.05) is 6.54 Å². The van der Waals surface area contributed by atoms with Crippen LogP contribution in [0.1, 0.15) is 34.9 Å². The van der Waals surface area contributed by atoms with Crippen LogP contribution in [0.4, 0.5) is 5.69 Å². The standard InChI is InChI=1S/C16H15N3O4/c20-15-10-11(6-7-14(15)19(22)23)16(21)18-9-3-5-13(18)12-4-1-2-8-17-12/h1-2,4,6-8,10,13,20H,3,5,9H2/t13-/m1/s1. The SMILES string of the molecule is O=C(c1ccc([N+](=O)[O-])c(O)c1)N1CCC[C@@H]1c1ccccn1. The average molecular weight is 313 g/mol. The van der Waals surface area contributed by atoms with E-state index in [1.165, 1.54) is 6.07 Å². The van der Waals surface area contributed by atoms with Crippen molar-refractivity contribution < 1.29 is 14.8 Å². The van der Waals surface area contributed by atoms with E-state index >= 15 is 0 Å². The number of aromatic nitrogens is 1. The molecule has 0 unspecified atom stereocenters. The molecule has 1 aliphatic heterocycles. The molecule has 118 valence electrons. The van der Waals surface area contributed by atoms with Crippen molar-refractivity contribution >= 4 is 11.6 Å². The van der Waals surface area contributed by atoms with Gasteiger partial charge in [-0.05, 0) is 37.1 Å². The number of amides is 1. The van der Waals surface area contributed by atoms with Crippen molar-refractivity contribution in [2.45, 2.75) is 18.9 Å². The van der Waals surface area contributed by atoms with Crippen LogP contribution >= 0.6 is 0 Å². The van der Waals surface area contributed by atoms with Crippen LogP contribution in [0.2, 0.25) is 0 Å². The first-order valence-corrected chi connectivity index (χ1v) is 7.27. The predicted molar refractivity (Wildman–Crippen MR) is 82.0 cm³/mol. The van der Waals surface area contributed by atoms with Gasteiger partial charge in [-0.15, -0.1) is 0 Å². The predicted octanol–water partition coefficient (Wildman–Crippen LogP) is 2.67. The van der Waals surface area contributed by atoms with Gasteiger partial charge in [0.15, 0.2) is 5.75 Å². The molecule has 7 heteroatoms. The van der Waals surface area contributed by atoms with Crippen LogP contribution in [0.5, 0.6) is 5.75 Å². The van der Waals surface area contributed by atoms with Gasteiger partial charge < -0.3 is 10.0 Å². The summed E-state index contributed by atoms with van der Waals surface area (Å²) in [7, 11) is 0. The fourth-order valence-electron chi connectivity index (χ4n) is 2.87. The molecule has 0 radical (unpaired) electrons. The molecule has 2 aromatic rings. The van der Waals surface area contributed by atoms with E-state index in [-0.39, 0.29) is 17.5 Å². The van der Waals surface area contributed by atoms with Gasteiger partial charge in [0.05, 0.1) is 16.7 Å². The summed E-state index contributed by atoms with van der Waals surface area (Å²) in [5.41, 5.74) is 0.643. The minimum Gasteiger partial charge on any atom is -0.502 e. The molecule has 0 saturated carbocycles. The normalized spacial score (nSPS) is 17.2. The molecular formula is C16H15N3O4. The molecule has 0 spiro atoms. The first-order chi connectivity index (χ1) is 11.1. The number of nitrogens with zero attached hydrogens (tertiary/aromatic N) is 3. The lowest BCUT2D eigenvalue weighted by Crippen LogP contribution is -2.30. The summed E-state index contributed by atoms with van der Waals surface area (Å²) >= 11 is 0. The van der Waals surface area contributed by atoms with Crippen molar-refractivity contribution in [2.24, 2.45) is 0 Å². The number of carbonyl (C=O) groups excluding carboxylic acids is 1. The number of rotatable bonds is 3. The van der Waals surface area contributed by atoms with Gasteiger partial charge in [0.2, 0.25) is 0 Å². The summed E-state index contributed by atoms with van der Waals surface area (Å²) in [6, 6.07) is 9.13. The van der Waals surface area contributed by atoms with Gasteiger partial charge in [0, 0.05) is 24.4 Å². The average Bonchev–Trinajstić information content (AvgIpc) is 3.04. The monoisotopic (exact) mass is 313 g/mol. The first kappa shape index (κ1) is 15.0. The highest BCUT2D eigenvalue weighted by molar-refractivity contribution is 5.95. The smallest absolute Gasteiger partial charge is 0.310 e. The van der Waals surface area contributed by atoms with Gasteiger partial charge in [0.25, 0.3) is 5.91 Å². The van der Waals surface area contributed by atoms with E-state index in [0.29, 0.717) is 6.54 Å². The zero-order valence-electron chi connectivity index (χ0n) is 12.3. The Bertz CT molecular complexity index is 748. The Hall–Kier alpha value is -2.96. The molecule has 1 aromatic heterocycles. The minimum atomic E-state index is -0.684. The van der Waals surface area contributed by atoms with Crippen molar-refractivity contribution in [1.82, 2.24) is 9.88 Å². The third kappa shape index (κ3) is 2.85. The van der Waals surface area contributed by atoms with E-state index in [1.54, 1.807) is 11.1 Å².